The van der Waals surface area contributed by atoms with Crippen molar-refractivity contribution in [1.29, 1.82) is 0 Å². The van der Waals surface area contributed by atoms with E-state index >= 15 is 0 Å². The van der Waals surface area contributed by atoms with E-state index in [4.69, 9.17) is 0 Å². The molecule has 0 saturated heterocycles. The minimum Gasteiger partial charge on any atom is -0.382 e. The van der Waals surface area contributed by atoms with Crippen LogP contribution in [0.5, 0.6) is 0 Å². The van der Waals surface area contributed by atoms with Gasteiger partial charge in [0.05, 0.1) is 11.9 Å². The van der Waals surface area contributed by atoms with Gasteiger partial charge in [-0.25, -0.2) is 13.2 Å². The summed E-state index contributed by atoms with van der Waals surface area (Å²) in [7, 11) is 1.80. The van der Waals surface area contributed by atoms with Crippen LogP contribution >= 0.6 is 0 Å². The van der Waals surface area contributed by atoms with Gasteiger partial charge in [-0.1, -0.05) is 0 Å². The van der Waals surface area contributed by atoms with Crippen molar-refractivity contribution in [2.75, 3.05) is 11.9 Å². The third-order valence-corrected chi connectivity index (χ3v) is 2.50. The maximum absolute atomic E-state index is 13.3. The predicted octanol–water partition coefficient (Wildman–Crippen LogP) is 2.49. The summed E-state index contributed by atoms with van der Waals surface area (Å²) in [4.78, 5) is 0. The molecule has 0 atom stereocenters. The van der Waals surface area contributed by atoms with Crippen molar-refractivity contribution in [3.05, 3.63) is 47.5 Å². The van der Waals surface area contributed by atoms with Crippen molar-refractivity contribution in [2.45, 2.75) is 6.42 Å². The van der Waals surface area contributed by atoms with Crippen LogP contribution in [0.4, 0.5) is 18.9 Å². The number of halogens is 3. The summed E-state index contributed by atoms with van der Waals surface area (Å²) in [6.07, 6.45) is 4.15. The van der Waals surface area contributed by atoms with Gasteiger partial charge >= 0.3 is 0 Å². The van der Waals surface area contributed by atoms with Crippen LogP contribution in [0.25, 0.3) is 0 Å². The van der Waals surface area contributed by atoms with Gasteiger partial charge < -0.3 is 5.32 Å². The fourth-order valence-electron chi connectivity index (χ4n) is 1.60. The molecular weight excluding hydrogens is 243 g/mol. The third kappa shape index (κ3) is 2.82. The first-order chi connectivity index (χ1) is 8.56. The average Bonchev–Trinajstić information content (AvgIpc) is 2.71. The predicted molar refractivity (Wildman–Crippen MR) is 61.7 cm³/mol. The van der Waals surface area contributed by atoms with Crippen LogP contribution < -0.4 is 5.32 Å². The summed E-state index contributed by atoms with van der Waals surface area (Å²) in [5.41, 5.74) is 0.936. The lowest BCUT2D eigenvalue weighted by molar-refractivity contribution is 0.496. The highest BCUT2D eigenvalue weighted by molar-refractivity contribution is 5.45. The van der Waals surface area contributed by atoms with Crippen LogP contribution in [0.1, 0.15) is 5.56 Å². The molecule has 1 heterocycles. The van der Waals surface area contributed by atoms with Gasteiger partial charge in [0.15, 0.2) is 11.6 Å². The van der Waals surface area contributed by atoms with Gasteiger partial charge in [0.25, 0.3) is 0 Å². The van der Waals surface area contributed by atoms with Crippen molar-refractivity contribution >= 4 is 5.69 Å². The molecule has 1 aromatic heterocycles. The molecule has 0 bridgehead atoms. The monoisotopic (exact) mass is 255 g/mol. The van der Waals surface area contributed by atoms with Crippen LogP contribution in [0, 0.1) is 17.5 Å². The van der Waals surface area contributed by atoms with Gasteiger partial charge in [-0.3, -0.25) is 4.68 Å². The topological polar surface area (TPSA) is 29.9 Å². The lowest BCUT2D eigenvalue weighted by Gasteiger charge is -2.07. The molecule has 96 valence electrons. The molecule has 0 radical (unpaired) electrons. The normalized spacial score (nSPS) is 10.7. The summed E-state index contributed by atoms with van der Waals surface area (Å²) >= 11 is 0. The van der Waals surface area contributed by atoms with E-state index in [0.717, 1.165) is 11.6 Å². The molecular formula is C12H12F3N3. The molecule has 0 aliphatic rings. The summed E-state index contributed by atoms with van der Waals surface area (Å²) < 4.78 is 40.5. The van der Waals surface area contributed by atoms with E-state index in [0.29, 0.717) is 19.0 Å². The van der Waals surface area contributed by atoms with E-state index in [9.17, 15) is 13.2 Å². The molecule has 1 aromatic carbocycles. The number of nitrogens with one attached hydrogen (secondary N) is 1. The van der Waals surface area contributed by atoms with Crippen molar-refractivity contribution in [3.8, 4) is 0 Å². The van der Waals surface area contributed by atoms with E-state index in [1.165, 1.54) is 0 Å². The average molecular weight is 255 g/mol. The minimum absolute atomic E-state index is 0.0437. The molecule has 0 saturated carbocycles. The Labute approximate surface area is 102 Å². The molecule has 0 aliphatic heterocycles. The fourth-order valence-corrected chi connectivity index (χ4v) is 1.60. The quantitative estimate of drug-likeness (QED) is 0.851. The van der Waals surface area contributed by atoms with Crippen molar-refractivity contribution in [3.63, 3.8) is 0 Å². The Balaban J connectivity index is 1.96. The molecule has 18 heavy (non-hydrogen) atoms. The summed E-state index contributed by atoms with van der Waals surface area (Å²) in [6, 6.07) is 1.34. The van der Waals surface area contributed by atoms with Gasteiger partial charge in [-0.05, 0) is 12.0 Å². The molecule has 0 aliphatic carbocycles. The maximum atomic E-state index is 13.3. The van der Waals surface area contributed by atoms with Gasteiger partial charge in [-0.2, -0.15) is 5.10 Å². The van der Waals surface area contributed by atoms with Crippen LogP contribution in [0.2, 0.25) is 0 Å². The molecule has 1 N–H and O–H groups in total. The maximum Gasteiger partial charge on any atom is 0.161 e. The molecule has 0 unspecified atom stereocenters. The largest absolute Gasteiger partial charge is 0.382 e. The Hall–Kier alpha value is -1.98. The van der Waals surface area contributed by atoms with Crippen molar-refractivity contribution < 1.29 is 13.2 Å². The second-order valence-electron chi connectivity index (χ2n) is 3.95. The number of nitrogens with zero attached hydrogens (tertiary/aromatic N) is 2. The third-order valence-electron chi connectivity index (χ3n) is 2.50. The summed E-state index contributed by atoms with van der Waals surface area (Å²) in [5.74, 6) is -3.06. The fraction of sp³-hybridized carbons (Fsp3) is 0.250. The Morgan fingerprint density at radius 3 is 2.56 bits per heavy atom. The van der Waals surface area contributed by atoms with Crippen LogP contribution in [-0.2, 0) is 13.5 Å². The zero-order chi connectivity index (χ0) is 13.1. The molecule has 6 heteroatoms. The number of hydrogen-bond donors (Lipinski definition) is 1. The van der Waals surface area contributed by atoms with Crippen LogP contribution in [-0.4, -0.2) is 16.3 Å². The highest BCUT2D eigenvalue weighted by atomic mass is 19.2. The van der Waals surface area contributed by atoms with Crippen molar-refractivity contribution in [2.24, 2.45) is 7.05 Å². The zero-order valence-corrected chi connectivity index (χ0v) is 9.75. The first kappa shape index (κ1) is 12.5. The van der Waals surface area contributed by atoms with E-state index in [1.807, 2.05) is 6.20 Å². The van der Waals surface area contributed by atoms with E-state index in [2.05, 4.69) is 10.4 Å². The van der Waals surface area contributed by atoms with Gasteiger partial charge in [0.1, 0.15) is 5.82 Å². The highest BCUT2D eigenvalue weighted by Crippen LogP contribution is 2.18. The molecule has 3 nitrogen and oxygen atoms in total. The van der Waals surface area contributed by atoms with Gasteiger partial charge in [0, 0.05) is 31.9 Å². The number of anilines is 1. The van der Waals surface area contributed by atoms with E-state index in [-0.39, 0.29) is 5.69 Å². The van der Waals surface area contributed by atoms with Crippen LogP contribution in [0.15, 0.2) is 24.5 Å². The number of aromatic nitrogens is 2. The lowest BCUT2D eigenvalue weighted by Crippen LogP contribution is -2.07. The number of rotatable bonds is 4. The van der Waals surface area contributed by atoms with Gasteiger partial charge in [0.2, 0.25) is 0 Å². The second kappa shape index (κ2) is 5.12. The number of hydrogen-bond acceptors (Lipinski definition) is 2. The molecule has 0 amide bonds. The molecule has 2 rings (SSSR count). The summed E-state index contributed by atoms with van der Waals surface area (Å²) in [5, 5.41) is 6.71. The molecule has 0 fully saturated rings. The molecule has 0 spiro atoms. The van der Waals surface area contributed by atoms with Gasteiger partial charge in [-0.15, -0.1) is 0 Å². The van der Waals surface area contributed by atoms with E-state index < -0.39 is 17.5 Å². The number of aryl methyl sites for hydroxylation is 1. The minimum atomic E-state index is -1.19. The zero-order valence-electron chi connectivity index (χ0n) is 9.75. The first-order valence-corrected chi connectivity index (χ1v) is 5.42. The Kier molecular flexibility index (Phi) is 3.55. The standard InChI is InChI=1S/C12H12F3N3/c1-18-7-8(6-17-18)2-3-16-12-5-10(14)9(13)4-11(12)15/h4-7,16H,2-3H2,1H3. The van der Waals surface area contributed by atoms with E-state index in [1.54, 1.807) is 17.9 Å². The van der Waals surface area contributed by atoms with Crippen molar-refractivity contribution in [1.82, 2.24) is 9.78 Å². The Bertz CT molecular complexity index is 551. The Morgan fingerprint density at radius 2 is 1.89 bits per heavy atom. The second-order valence-corrected chi connectivity index (χ2v) is 3.95. The van der Waals surface area contributed by atoms with Crippen LogP contribution in [0.3, 0.4) is 0 Å². The molecule has 2 aromatic rings. The Morgan fingerprint density at radius 1 is 1.17 bits per heavy atom. The first-order valence-electron chi connectivity index (χ1n) is 5.42. The lowest BCUT2D eigenvalue weighted by atomic mass is 10.2. The number of benzene rings is 1. The smallest absolute Gasteiger partial charge is 0.161 e. The SMILES string of the molecule is Cn1cc(CCNc2cc(F)c(F)cc2F)cn1. The highest BCUT2D eigenvalue weighted by Gasteiger charge is 2.09. The summed E-state index contributed by atoms with van der Waals surface area (Å²) in [6.45, 7) is 0.410.